The Hall–Kier alpha value is -0.710. The number of thiazole rings is 1. The van der Waals surface area contributed by atoms with Crippen LogP contribution in [-0.4, -0.2) is 11.5 Å². The second kappa shape index (κ2) is 6.45. The Balaban J connectivity index is 2.33. The van der Waals surface area contributed by atoms with Gasteiger partial charge in [-0.15, -0.1) is 11.3 Å². The van der Waals surface area contributed by atoms with Crippen LogP contribution < -0.4 is 5.32 Å². The van der Waals surface area contributed by atoms with Crippen LogP contribution in [0.4, 0.5) is 0 Å². The van der Waals surface area contributed by atoms with Crippen LogP contribution in [0, 0.1) is 6.92 Å². The molecule has 18 heavy (non-hydrogen) atoms. The van der Waals surface area contributed by atoms with Gasteiger partial charge in [0.25, 0.3) is 0 Å². The Kier molecular flexibility index (Phi) is 4.92. The Bertz CT molecular complexity index is 510. The third kappa shape index (κ3) is 3.19. The van der Waals surface area contributed by atoms with Crippen molar-refractivity contribution >= 4 is 27.3 Å². The SMILES string of the molecule is CCCNC(c1nc(C)cs1)c1ccccc1Br. The lowest BCUT2D eigenvalue weighted by molar-refractivity contribution is 0.593. The lowest BCUT2D eigenvalue weighted by atomic mass is 10.1. The first-order valence-corrected chi connectivity index (χ1v) is 7.79. The molecule has 0 bridgehead atoms. The molecular formula is C14H17BrN2S. The maximum Gasteiger partial charge on any atom is 0.114 e. The van der Waals surface area contributed by atoms with Crippen molar-refractivity contribution in [3.8, 4) is 0 Å². The molecule has 1 aromatic carbocycles. The van der Waals surface area contributed by atoms with Gasteiger partial charge in [-0.1, -0.05) is 41.1 Å². The fourth-order valence-corrected chi connectivity index (χ4v) is 3.23. The number of halogens is 1. The lowest BCUT2D eigenvalue weighted by Crippen LogP contribution is -2.23. The summed E-state index contributed by atoms with van der Waals surface area (Å²) in [6, 6.07) is 8.52. The lowest BCUT2D eigenvalue weighted by Gasteiger charge is -2.18. The van der Waals surface area contributed by atoms with Crippen molar-refractivity contribution in [1.82, 2.24) is 10.3 Å². The Morgan fingerprint density at radius 1 is 1.39 bits per heavy atom. The molecule has 1 N–H and O–H groups in total. The van der Waals surface area contributed by atoms with Crippen LogP contribution in [0.2, 0.25) is 0 Å². The quantitative estimate of drug-likeness (QED) is 0.886. The van der Waals surface area contributed by atoms with Crippen molar-refractivity contribution in [2.75, 3.05) is 6.54 Å². The number of hydrogen-bond donors (Lipinski definition) is 1. The van der Waals surface area contributed by atoms with Crippen molar-refractivity contribution in [3.63, 3.8) is 0 Å². The molecule has 0 aliphatic carbocycles. The number of benzene rings is 1. The minimum atomic E-state index is 0.180. The predicted octanol–water partition coefficient (Wildman–Crippen LogP) is 4.30. The van der Waals surface area contributed by atoms with Gasteiger partial charge in [0.05, 0.1) is 6.04 Å². The molecule has 0 aliphatic heterocycles. The Morgan fingerprint density at radius 2 is 2.17 bits per heavy atom. The van der Waals surface area contributed by atoms with E-state index >= 15 is 0 Å². The predicted molar refractivity (Wildman–Crippen MR) is 81.1 cm³/mol. The van der Waals surface area contributed by atoms with E-state index in [-0.39, 0.29) is 6.04 Å². The van der Waals surface area contributed by atoms with Gasteiger partial charge in [0, 0.05) is 15.5 Å². The second-order valence-electron chi connectivity index (χ2n) is 4.24. The van der Waals surface area contributed by atoms with Crippen molar-refractivity contribution in [3.05, 3.63) is 50.4 Å². The van der Waals surface area contributed by atoms with Gasteiger partial charge in [0.1, 0.15) is 5.01 Å². The van der Waals surface area contributed by atoms with Gasteiger partial charge in [-0.3, -0.25) is 0 Å². The third-order valence-electron chi connectivity index (χ3n) is 2.70. The summed E-state index contributed by atoms with van der Waals surface area (Å²) >= 11 is 5.35. The maximum absolute atomic E-state index is 4.62. The number of hydrogen-bond acceptors (Lipinski definition) is 3. The number of aryl methyl sites for hydroxylation is 1. The van der Waals surface area contributed by atoms with E-state index in [1.54, 1.807) is 11.3 Å². The standard InChI is InChI=1S/C14H17BrN2S/c1-3-8-16-13(14-17-10(2)9-18-14)11-6-4-5-7-12(11)15/h4-7,9,13,16H,3,8H2,1-2H3. The molecule has 0 aliphatic rings. The van der Waals surface area contributed by atoms with Crippen molar-refractivity contribution in [1.29, 1.82) is 0 Å². The van der Waals surface area contributed by atoms with Crippen LogP contribution in [-0.2, 0) is 0 Å². The van der Waals surface area contributed by atoms with Gasteiger partial charge in [-0.05, 0) is 31.5 Å². The summed E-state index contributed by atoms with van der Waals surface area (Å²) in [6.07, 6.45) is 1.12. The van der Waals surface area contributed by atoms with Crippen LogP contribution in [0.3, 0.4) is 0 Å². The van der Waals surface area contributed by atoms with Gasteiger partial charge < -0.3 is 5.32 Å². The zero-order chi connectivity index (χ0) is 13.0. The van der Waals surface area contributed by atoms with E-state index < -0.39 is 0 Å². The Labute approximate surface area is 121 Å². The van der Waals surface area contributed by atoms with Crippen molar-refractivity contribution in [2.45, 2.75) is 26.3 Å². The van der Waals surface area contributed by atoms with Gasteiger partial charge in [-0.25, -0.2) is 4.98 Å². The van der Waals surface area contributed by atoms with Gasteiger partial charge in [0.15, 0.2) is 0 Å². The highest BCUT2D eigenvalue weighted by Crippen LogP contribution is 2.30. The van der Waals surface area contributed by atoms with E-state index in [1.165, 1.54) is 5.56 Å². The highest BCUT2D eigenvalue weighted by atomic mass is 79.9. The van der Waals surface area contributed by atoms with Crippen molar-refractivity contribution in [2.24, 2.45) is 0 Å². The molecule has 0 fully saturated rings. The first kappa shape index (κ1) is 13.7. The van der Waals surface area contributed by atoms with Gasteiger partial charge in [-0.2, -0.15) is 0 Å². The maximum atomic E-state index is 4.62. The average Bonchev–Trinajstić information content (AvgIpc) is 2.78. The van der Waals surface area contributed by atoms with E-state index in [1.807, 2.05) is 13.0 Å². The smallest absolute Gasteiger partial charge is 0.114 e. The molecule has 1 atom stereocenters. The molecule has 0 spiro atoms. The summed E-state index contributed by atoms with van der Waals surface area (Å²) in [7, 11) is 0. The number of rotatable bonds is 5. The third-order valence-corrected chi connectivity index (χ3v) is 4.45. The van der Waals surface area contributed by atoms with E-state index in [9.17, 15) is 0 Å². The van der Waals surface area contributed by atoms with E-state index in [0.717, 1.165) is 28.1 Å². The van der Waals surface area contributed by atoms with E-state index in [2.05, 4.69) is 56.7 Å². The molecule has 2 rings (SSSR count). The van der Waals surface area contributed by atoms with Crippen LogP contribution >= 0.6 is 27.3 Å². The summed E-state index contributed by atoms with van der Waals surface area (Å²) in [6.45, 7) is 5.21. The van der Waals surface area contributed by atoms with E-state index in [4.69, 9.17) is 0 Å². The summed E-state index contributed by atoms with van der Waals surface area (Å²) in [5.41, 5.74) is 2.34. The first-order valence-electron chi connectivity index (χ1n) is 6.12. The molecule has 2 nitrogen and oxygen atoms in total. The summed E-state index contributed by atoms with van der Waals surface area (Å²) in [5, 5.41) is 6.81. The summed E-state index contributed by atoms with van der Waals surface area (Å²) in [5.74, 6) is 0. The van der Waals surface area contributed by atoms with Crippen molar-refractivity contribution < 1.29 is 0 Å². The number of nitrogens with one attached hydrogen (secondary N) is 1. The van der Waals surface area contributed by atoms with Crippen LogP contribution in [0.1, 0.15) is 35.7 Å². The molecule has 1 heterocycles. The molecule has 0 saturated heterocycles. The molecular weight excluding hydrogens is 308 g/mol. The molecule has 1 unspecified atom stereocenters. The molecule has 1 aromatic heterocycles. The largest absolute Gasteiger partial charge is 0.304 e. The van der Waals surface area contributed by atoms with Crippen LogP contribution in [0.15, 0.2) is 34.1 Å². The highest BCUT2D eigenvalue weighted by Gasteiger charge is 2.18. The molecule has 0 amide bonds. The topological polar surface area (TPSA) is 24.9 Å². The van der Waals surface area contributed by atoms with Gasteiger partial charge in [0.2, 0.25) is 0 Å². The number of nitrogens with zero attached hydrogens (tertiary/aromatic N) is 1. The highest BCUT2D eigenvalue weighted by molar-refractivity contribution is 9.10. The minimum Gasteiger partial charge on any atom is -0.304 e. The fourth-order valence-electron chi connectivity index (χ4n) is 1.83. The molecule has 0 saturated carbocycles. The van der Waals surface area contributed by atoms with Crippen LogP contribution in [0.5, 0.6) is 0 Å². The molecule has 0 radical (unpaired) electrons. The average molecular weight is 325 g/mol. The number of aromatic nitrogens is 1. The normalized spacial score (nSPS) is 12.6. The minimum absolute atomic E-state index is 0.180. The first-order chi connectivity index (χ1) is 8.72. The zero-order valence-electron chi connectivity index (χ0n) is 10.6. The van der Waals surface area contributed by atoms with E-state index in [0.29, 0.717) is 0 Å². The zero-order valence-corrected chi connectivity index (χ0v) is 13.0. The fraction of sp³-hybridized carbons (Fsp3) is 0.357. The van der Waals surface area contributed by atoms with Crippen LogP contribution in [0.25, 0.3) is 0 Å². The molecule has 96 valence electrons. The Morgan fingerprint density at radius 3 is 2.78 bits per heavy atom. The second-order valence-corrected chi connectivity index (χ2v) is 5.98. The van der Waals surface area contributed by atoms with Gasteiger partial charge >= 0.3 is 0 Å². The molecule has 2 aromatic rings. The summed E-state index contributed by atoms with van der Waals surface area (Å²) in [4.78, 5) is 4.62. The summed E-state index contributed by atoms with van der Waals surface area (Å²) < 4.78 is 1.13. The molecule has 4 heteroatoms. The monoisotopic (exact) mass is 324 g/mol.